The molecule has 66 heavy (non-hydrogen) atoms. The number of nitrogens with one attached hydrogen (secondary N) is 3. The van der Waals surface area contributed by atoms with Crippen LogP contribution in [0.3, 0.4) is 0 Å². The van der Waals surface area contributed by atoms with E-state index < -0.39 is 17.5 Å². The van der Waals surface area contributed by atoms with Gasteiger partial charge in [0, 0.05) is 86.8 Å². The lowest BCUT2D eigenvalue weighted by Gasteiger charge is -2.48. The number of imide groups is 1. The van der Waals surface area contributed by atoms with Gasteiger partial charge in [0.05, 0.1) is 24.5 Å². The number of piperidine rings is 1. The number of nitrogens with two attached hydrogens (primary N) is 1. The first-order valence-corrected chi connectivity index (χ1v) is 23.7. The van der Waals surface area contributed by atoms with E-state index >= 15 is 0 Å². The Labute approximate surface area is 387 Å². The fourth-order valence-electron chi connectivity index (χ4n) is 9.78. The molecule has 4 fully saturated rings. The van der Waals surface area contributed by atoms with Crippen LogP contribution in [0.4, 0.5) is 17.3 Å². The van der Waals surface area contributed by atoms with Crippen LogP contribution in [-0.2, 0) is 27.5 Å². The van der Waals surface area contributed by atoms with E-state index in [9.17, 15) is 29.1 Å². The van der Waals surface area contributed by atoms with Gasteiger partial charge in [0.15, 0.2) is 11.5 Å². The number of anilines is 3. The molecule has 1 spiro atoms. The van der Waals surface area contributed by atoms with Crippen molar-refractivity contribution in [1.82, 2.24) is 40.6 Å². The maximum absolute atomic E-state index is 13.0. The number of hydrogen-bond acceptors (Lipinski definition) is 15. The average molecular weight is 917 g/mol. The molecule has 0 saturated carbocycles. The van der Waals surface area contributed by atoms with Crippen molar-refractivity contribution in [3.8, 4) is 0 Å². The van der Waals surface area contributed by atoms with Crippen molar-refractivity contribution >= 4 is 58.6 Å². The highest BCUT2D eigenvalue weighted by molar-refractivity contribution is 7.99. The summed E-state index contributed by atoms with van der Waals surface area (Å²) in [5.74, 6) is 0.169. The molecule has 2 aromatic carbocycles. The van der Waals surface area contributed by atoms with Crippen LogP contribution in [-0.4, -0.2) is 129 Å². The standard InChI is InChI=1S/C47H56N12O6S/c48-47(30-60)16-19-58(29-47)39-23-50-42(24-49-39)66-34-7-5-6-33(21-34)52-40(61)8-3-1-2-4-17-56-26-46(27-56)15-18-57(28-46)38-13-11-36(54-55-38)43(63)51-22-31-9-10-35-32(20-31)25-59(45(35)65)37-12-14-41(62)53-44(37)64/h5-7,9-11,13,20-21,23-24,37,60H,1-4,8,12,14-19,22,25-30,48H2,(H,51,63)(H,52,61)(H,53,62,64). The molecular formula is C47H56N12O6S. The molecule has 19 heteroatoms. The number of aromatic nitrogens is 4. The number of carbonyl (C=O) groups excluding carboxylic acids is 5. The molecule has 5 aliphatic heterocycles. The molecule has 2 aromatic heterocycles. The van der Waals surface area contributed by atoms with Gasteiger partial charge in [0.1, 0.15) is 16.9 Å². The summed E-state index contributed by atoms with van der Waals surface area (Å²) in [5.41, 5.74) is 8.96. The highest BCUT2D eigenvalue weighted by Crippen LogP contribution is 2.41. The number of rotatable bonds is 17. The number of aliphatic hydroxyl groups excluding tert-OH is 1. The Morgan fingerprint density at radius 2 is 1.73 bits per heavy atom. The van der Waals surface area contributed by atoms with Crippen molar-refractivity contribution in [1.29, 1.82) is 0 Å². The number of unbranched alkanes of at least 4 members (excludes halogenated alkanes) is 3. The minimum Gasteiger partial charge on any atom is -0.394 e. The maximum atomic E-state index is 13.0. The number of amides is 5. The first-order chi connectivity index (χ1) is 31.9. The topological polar surface area (TPSA) is 232 Å². The fraction of sp³-hybridized carbons (Fsp3) is 0.468. The molecule has 346 valence electrons. The summed E-state index contributed by atoms with van der Waals surface area (Å²) in [5, 5.41) is 27.2. The molecule has 6 N–H and O–H groups in total. The van der Waals surface area contributed by atoms with Gasteiger partial charge >= 0.3 is 0 Å². The van der Waals surface area contributed by atoms with Crippen LogP contribution in [0.25, 0.3) is 0 Å². The Hall–Kier alpha value is -6.02. The number of benzene rings is 2. The highest BCUT2D eigenvalue weighted by Gasteiger charge is 2.47. The van der Waals surface area contributed by atoms with E-state index in [1.165, 1.54) is 16.7 Å². The van der Waals surface area contributed by atoms with Gasteiger partial charge in [-0.2, -0.15) is 0 Å². The van der Waals surface area contributed by atoms with Crippen molar-refractivity contribution < 1.29 is 29.1 Å². The zero-order valence-electron chi connectivity index (χ0n) is 36.9. The normalized spacial score (nSPS) is 21.3. The zero-order chi connectivity index (χ0) is 45.8. The molecule has 5 amide bonds. The predicted octanol–water partition coefficient (Wildman–Crippen LogP) is 3.11. The minimum absolute atomic E-state index is 0.0129. The SMILES string of the molecule is NC1(CO)CCN(c2cnc(Sc3cccc(NC(=O)CCCCCCN4CC5(CCN(c6ccc(C(=O)NCc7ccc8c(c7)CN(C7CCC(=O)NC7=O)C8=O)nn6)C5)C4)c3)cn2)C1. The van der Waals surface area contributed by atoms with Gasteiger partial charge in [-0.3, -0.25) is 29.3 Å². The third kappa shape index (κ3) is 10.3. The number of carbonyl (C=O) groups is 5. The third-order valence-electron chi connectivity index (χ3n) is 13.4. The van der Waals surface area contributed by atoms with Crippen molar-refractivity contribution in [3.63, 3.8) is 0 Å². The summed E-state index contributed by atoms with van der Waals surface area (Å²) in [7, 11) is 0. The number of nitrogens with zero attached hydrogens (tertiary/aromatic N) is 8. The summed E-state index contributed by atoms with van der Waals surface area (Å²) < 4.78 is 0. The summed E-state index contributed by atoms with van der Waals surface area (Å²) in [6.07, 6.45) is 10.3. The molecule has 0 radical (unpaired) electrons. The van der Waals surface area contributed by atoms with Gasteiger partial charge in [0.25, 0.3) is 11.8 Å². The molecule has 0 bridgehead atoms. The first kappa shape index (κ1) is 45.1. The predicted molar refractivity (Wildman–Crippen MR) is 247 cm³/mol. The van der Waals surface area contributed by atoms with E-state index in [4.69, 9.17) is 5.73 Å². The number of aliphatic hydroxyl groups is 1. The molecule has 5 aliphatic rings. The van der Waals surface area contributed by atoms with Crippen molar-refractivity contribution in [2.75, 3.05) is 67.5 Å². The summed E-state index contributed by atoms with van der Waals surface area (Å²) in [6.45, 7) is 6.69. The Bertz CT molecular complexity index is 2470. The van der Waals surface area contributed by atoms with Crippen molar-refractivity contribution in [2.24, 2.45) is 11.1 Å². The van der Waals surface area contributed by atoms with Gasteiger partial charge in [-0.05, 0) is 86.2 Å². The van der Waals surface area contributed by atoms with E-state index in [1.807, 2.05) is 41.3 Å². The van der Waals surface area contributed by atoms with E-state index in [0.717, 1.165) is 110 Å². The second-order valence-corrected chi connectivity index (χ2v) is 19.6. The van der Waals surface area contributed by atoms with Crippen LogP contribution in [0, 0.1) is 5.41 Å². The van der Waals surface area contributed by atoms with Crippen molar-refractivity contribution in [3.05, 3.63) is 89.4 Å². The fourth-order valence-corrected chi connectivity index (χ4v) is 10.6. The van der Waals surface area contributed by atoms with Gasteiger partial charge in [-0.25, -0.2) is 9.97 Å². The van der Waals surface area contributed by atoms with Gasteiger partial charge in [-0.1, -0.05) is 42.8 Å². The summed E-state index contributed by atoms with van der Waals surface area (Å²) in [6, 6.07) is 16.0. The maximum Gasteiger partial charge on any atom is 0.272 e. The lowest BCUT2D eigenvalue weighted by molar-refractivity contribution is -0.137. The van der Waals surface area contributed by atoms with Crippen LogP contribution < -0.4 is 31.5 Å². The second kappa shape index (κ2) is 19.4. The molecular weight excluding hydrogens is 861 g/mol. The van der Waals surface area contributed by atoms with Crippen LogP contribution in [0.2, 0.25) is 0 Å². The molecule has 7 heterocycles. The minimum atomic E-state index is -0.676. The van der Waals surface area contributed by atoms with Crippen LogP contribution in [0.1, 0.15) is 89.8 Å². The van der Waals surface area contributed by atoms with E-state index in [1.54, 1.807) is 30.6 Å². The Morgan fingerprint density at radius 3 is 2.50 bits per heavy atom. The smallest absolute Gasteiger partial charge is 0.272 e. The lowest BCUT2D eigenvalue weighted by Crippen LogP contribution is -2.57. The summed E-state index contributed by atoms with van der Waals surface area (Å²) >= 11 is 1.48. The van der Waals surface area contributed by atoms with E-state index in [2.05, 4.69) is 45.9 Å². The van der Waals surface area contributed by atoms with Crippen molar-refractivity contribution in [2.45, 2.75) is 92.4 Å². The Morgan fingerprint density at radius 1 is 0.894 bits per heavy atom. The molecule has 4 saturated heterocycles. The quantitative estimate of drug-likeness (QED) is 0.0757. The first-order valence-electron chi connectivity index (χ1n) is 22.8. The van der Waals surface area contributed by atoms with Gasteiger partial charge in [-0.15, -0.1) is 10.2 Å². The number of hydrogen-bond donors (Lipinski definition) is 5. The highest BCUT2D eigenvalue weighted by atomic mass is 32.2. The zero-order valence-corrected chi connectivity index (χ0v) is 37.7. The molecule has 18 nitrogen and oxygen atoms in total. The molecule has 4 aromatic rings. The number of fused-ring (bicyclic) bond motifs is 1. The van der Waals surface area contributed by atoms with E-state index in [0.29, 0.717) is 31.4 Å². The average Bonchev–Trinajstić information content (AvgIpc) is 4.03. The monoisotopic (exact) mass is 916 g/mol. The lowest BCUT2D eigenvalue weighted by atomic mass is 9.79. The largest absolute Gasteiger partial charge is 0.394 e. The third-order valence-corrected chi connectivity index (χ3v) is 14.3. The Kier molecular flexibility index (Phi) is 13.3. The van der Waals surface area contributed by atoms with E-state index in [-0.39, 0.29) is 60.9 Å². The van der Waals surface area contributed by atoms with Gasteiger partial charge < -0.3 is 41.1 Å². The molecule has 0 aliphatic carbocycles. The molecule has 2 unspecified atom stereocenters. The van der Waals surface area contributed by atoms with Gasteiger partial charge in [0.2, 0.25) is 17.7 Å². The van der Waals surface area contributed by atoms with Crippen LogP contribution in [0.5, 0.6) is 0 Å². The Balaban J connectivity index is 0.637. The molecule has 9 rings (SSSR count). The van der Waals surface area contributed by atoms with Crippen LogP contribution in [0.15, 0.2) is 76.9 Å². The molecule has 2 atom stereocenters. The number of likely N-dealkylation sites (tertiary alicyclic amines) is 1. The summed E-state index contributed by atoms with van der Waals surface area (Å²) in [4.78, 5) is 81.2. The second-order valence-electron chi connectivity index (χ2n) is 18.5. The van der Waals surface area contributed by atoms with Crippen LogP contribution >= 0.6 is 11.8 Å².